The van der Waals surface area contributed by atoms with Gasteiger partial charge in [0.2, 0.25) is 0 Å². The second-order valence-corrected chi connectivity index (χ2v) is 4.55. The molecule has 0 spiro atoms. The van der Waals surface area contributed by atoms with Crippen LogP contribution in [0.2, 0.25) is 0 Å². The van der Waals surface area contributed by atoms with Crippen molar-refractivity contribution in [1.82, 2.24) is 0 Å². The Balaban J connectivity index is 2.22. The largest absolute Gasteiger partial charge is 0.493 e. The quantitative estimate of drug-likeness (QED) is 0.791. The Hall–Kier alpha value is -1.35. The first-order valence-electron chi connectivity index (χ1n) is 5.53. The summed E-state index contributed by atoms with van der Waals surface area (Å²) in [6.07, 6.45) is 1.92. The number of benzene rings is 1. The summed E-state index contributed by atoms with van der Waals surface area (Å²) < 4.78 is 5.53. The molecule has 0 aromatic heterocycles. The van der Waals surface area contributed by atoms with E-state index in [1.807, 2.05) is 24.3 Å². The molecule has 2 atom stereocenters. The Labute approximate surface area is 95.0 Å². The average molecular weight is 220 g/mol. The van der Waals surface area contributed by atoms with E-state index in [9.17, 15) is 9.90 Å². The SMILES string of the molecule is CC(O)(C=O)CC1CCOc2ccccc21. The van der Waals surface area contributed by atoms with E-state index >= 15 is 0 Å². The number of aldehydes is 1. The van der Waals surface area contributed by atoms with Gasteiger partial charge in [0.05, 0.1) is 6.61 Å². The number of carbonyl (C=O) groups is 1. The van der Waals surface area contributed by atoms with E-state index in [1.54, 1.807) is 6.92 Å². The number of rotatable bonds is 3. The topological polar surface area (TPSA) is 46.5 Å². The summed E-state index contributed by atoms with van der Waals surface area (Å²) in [6, 6.07) is 7.81. The van der Waals surface area contributed by atoms with Gasteiger partial charge < -0.3 is 14.6 Å². The fraction of sp³-hybridized carbons (Fsp3) is 0.462. The molecule has 0 bridgehead atoms. The molecule has 2 unspecified atom stereocenters. The summed E-state index contributed by atoms with van der Waals surface area (Å²) in [5.74, 6) is 1.07. The van der Waals surface area contributed by atoms with Crippen LogP contribution >= 0.6 is 0 Å². The lowest BCUT2D eigenvalue weighted by atomic mass is 9.84. The monoisotopic (exact) mass is 220 g/mol. The summed E-state index contributed by atoms with van der Waals surface area (Å²) in [7, 11) is 0. The third-order valence-corrected chi connectivity index (χ3v) is 3.00. The zero-order valence-corrected chi connectivity index (χ0v) is 9.35. The Bertz CT molecular complexity index is 385. The van der Waals surface area contributed by atoms with E-state index < -0.39 is 5.60 Å². The molecule has 2 rings (SSSR count). The van der Waals surface area contributed by atoms with Gasteiger partial charge in [-0.25, -0.2) is 0 Å². The number of aliphatic hydroxyl groups is 1. The molecule has 3 heteroatoms. The van der Waals surface area contributed by atoms with Gasteiger partial charge in [-0.2, -0.15) is 0 Å². The maximum Gasteiger partial charge on any atom is 0.151 e. The van der Waals surface area contributed by atoms with Crippen molar-refractivity contribution in [3.8, 4) is 5.75 Å². The summed E-state index contributed by atoms with van der Waals surface area (Å²) in [5, 5.41) is 9.79. The van der Waals surface area contributed by atoms with Crippen LogP contribution in [-0.4, -0.2) is 23.6 Å². The van der Waals surface area contributed by atoms with Crippen LogP contribution in [0.3, 0.4) is 0 Å². The highest BCUT2D eigenvalue weighted by atomic mass is 16.5. The first-order chi connectivity index (χ1) is 7.62. The first kappa shape index (κ1) is 11.1. The summed E-state index contributed by atoms with van der Waals surface area (Å²) in [5.41, 5.74) is -0.148. The van der Waals surface area contributed by atoms with E-state index in [2.05, 4.69) is 0 Å². The molecule has 0 saturated heterocycles. The van der Waals surface area contributed by atoms with Gasteiger partial charge in [0.1, 0.15) is 11.4 Å². The van der Waals surface area contributed by atoms with Crippen molar-refractivity contribution in [2.75, 3.05) is 6.61 Å². The smallest absolute Gasteiger partial charge is 0.151 e. The van der Waals surface area contributed by atoms with E-state index in [0.29, 0.717) is 19.3 Å². The van der Waals surface area contributed by atoms with E-state index in [1.165, 1.54) is 0 Å². The van der Waals surface area contributed by atoms with Crippen molar-refractivity contribution >= 4 is 6.29 Å². The molecule has 1 aromatic carbocycles. The minimum absolute atomic E-state index is 0.199. The minimum Gasteiger partial charge on any atom is -0.493 e. The van der Waals surface area contributed by atoms with Gasteiger partial charge in [-0.05, 0) is 37.3 Å². The van der Waals surface area contributed by atoms with Gasteiger partial charge in [0, 0.05) is 0 Å². The van der Waals surface area contributed by atoms with Crippen molar-refractivity contribution in [3.63, 3.8) is 0 Å². The normalized spacial score (nSPS) is 22.8. The summed E-state index contributed by atoms with van der Waals surface area (Å²) >= 11 is 0. The van der Waals surface area contributed by atoms with Crippen molar-refractivity contribution in [2.45, 2.75) is 31.3 Å². The third-order valence-electron chi connectivity index (χ3n) is 3.00. The lowest BCUT2D eigenvalue weighted by Gasteiger charge is -2.29. The van der Waals surface area contributed by atoms with E-state index in [0.717, 1.165) is 17.7 Å². The fourth-order valence-electron chi connectivity index (χ4n) is 2.17. The Morgan fingerprint density at radius 2 is 2.31 bits per heavy atom. The number of fused-ring (bicyclic) bond motifs is 1. The summed E-state index contributed by atoms with van der Waals surface area (Å²) in [4.78, 5) is 10.7. The predicted molar refractivity (Wildman–Crippen MR) is 60.6 cm³/mol. The summed E-state index contributed by atoms with van der Waals surface area (Å²) in [6.45, 7) is 2.20. The highest BCUT2D eigenvalue weighted by Crippen LogP contribution is 2.37. The maximum atomic E-state index is 10.7. The van der Waals surface area contributed by atoms with Gasteiger partial charge >= 0.3 is 0 Å². The molecule has 0 radical (unpaired) electrons. The number of para-hydroxylation sites is 1. The number of carbonyl (C=O) groups excluding carboxylic acids is 1. The molecule has 1 N–H and O–H groups in total. The number of hydrogen-bond donors (Lipinski definition) is 1. The zero-order valence-electron chi connectivity index (χ0n) is 9.35. The predicted octanol–water partition coefficient (Wildman–Crippen LogP) is 1.89. The molecule has 1 aliphatic rings. The fourth-order valence-corrected chi connectivity index (χ4v) is 2.17. The van der Waals surface area contributed by atoms with Crippen LogP contribution in [-0.2, 0) is 4.79 Å². The Morgan fingerprint density at radius 3 is 3.06 bits per heavy atom. The van der Waals surface area contributed by atoms with Crippen LogP contribution < -0.4 is 4.74 Å². The lowest BCUT2D eigenvalue weighted by molar-refractivity contribution is -0.123. The van der Waals surface area contributed by atoms with Gasteiger partial charge in [-0.3, -0.25) is 0 Å². The zero-order chi connectivity index (χ0) is 11.6. The molecule has 1 aliphatic heterocycles. The molecule has 0 amide bonds. The van der Waals surface area contributed by atoms with Crippen LogP contribution in [0.1, 0.15) is 31.2 Å². The molecular formula is C13H16O3. The molecule has 3 nitrogen and oxygen atoms in total. The molecule has 86 valence electrons. The van der Waals surface area contributed by atoms with Crippen LogP contribution in [0.15, 0.2) is 24.3 Å². The third kappa shape index (κ3) is 2.25. The van der Waals surface area contributed by atoms with Crippen molar-refractivity contribution in [2.24, 2.45) is 0 Å². The standard InChI is InChI=1S/C13H16O3/c1-13(15,9-14)8-10-6-7-16-12-5-3-2-4-11(10)12/h2-5,9-10,15H,6-8H2,1H3. The average Bonchev–Trinajstić information content (AvgIpc) is 2.29. The molecule has 16 heavy (non-hydrogen) atoms. The second-order valence-electron chi connectivity index (χ2n) is 4.55. The van der Waals surface area contributed by atoms with E-state index in [4.69, 9.17) is 4.74 Å². The van der Waals surface area contributed by atoms with Gasteiger partial charge in [-0.15, -0.1) is 0 Å². The highest BCUT2D eigenvalue weighted by molar-refractivity contribution is 5.61. The molecule has 0 saturated carbocycles. The second kappa shape index (κ2) is 4.26. The number of ether oxygens (including phenoxy) is 1. The molecule has 1 heterocycles. The van der Waals surface area contributed by atoms with Crippen LogP contribution in [0.25, 0.3) is 0 Å². The molecule has 0 fully saturated rings. The van der Waals surface area contributed by atoms with Crippen molar-refractivity contribution < 1.29 is 14.6 Å². The Kier molecular flexibility index (Phi) is 2.97. The molecule has 1 aromatic rings. The van der Waals surface area contributed by atoms with Gasteiger partial charge in [-0.1, -0.05) is 18.2 Å². The minimum atomic E-state index is -1.24. The van der Waals surface area contributed by atoms with Crippen molar-refractivity contribution in [3.05, 3.63) is 29.8 Å². The Morgan fingerprint density at radius 1 is 1.56 bits per heavy atom. The van der Waals surface area contributed by atoms with Crippen LogP contribution in [0.4, 0.5) is 0 Å². The maximum absolute atomic E-state index is 10.7. The highest BCUT2D eigenvalue weighted by Gasteiger charge is 2.29. The lowest BCUT2D eigenvalue weighted by Crippen LogP contribution is -2.30. The van der Waals surface area contributed by atoms with E-state index in [-0.39, 0.29) is 5.92 Å². The first-order valence-corrected chi connectivity index (χ1v) is 5.53. The molecular weight excluding hydrogens is 204 g/mol. The van der Waals surface area contributed by atoms with Crippen LogP contribution in [0, 0.1) is 0 Å². The van der Waals surface area contributed by atoms with Crippen molar-refractivity contribution in [1.29, 1.82) is 0 Å². The molecule has 0 aliphatic carbocycles. The van der Waals surface area contributed by atoms with Crippen LogP contribution in [0.5, 0.6) is 5.75 Å². The van der Waals surface area contributed by atoms with Gasteiger partial charge in [0.25, 0.3) is 0 Å². The van der Waals surface area contributed by atoms with Gasteiger partial charge in [0.15, 0.2) is 6.29 Å². The number of hydrogen-bond acceptors (Lipinski definition) is 3.